The van der Waals surface area contributed by atoms with Crippen molar-refractivity contribution in [2.75, 3.05) is 0 Å². The van der Waals surface area contributed by atoms with Gasteiger partial charge in [-0.15, -0.1) is 22.7 Å². The molecule has 1 fully saturated rings. The zero-order valence-electron chi connectivity index (χ0n) is 17.1. The first-order valence-corrected chi connectivity index (χ1v) is 11.8. The van der Waals surface area contributed by atoms with Crippen molar-refractivity contribution in [3.63, 3.8) is 0 Å². The molecule has 3 aromatic heterocycles. The highest BCUT2D eigenvalue weighted by molar-refractivity contribution is 7.15. The molecule has 0 aromatic carbocycles. The summed E-state index contributed by atoms with van der Waals surface area (Å²) in [6.07, 6.45) is 0.655. The fourth-order valence-electron chi connectivity index (χ4n) is 4.24. The van der Waals surface area contributed by atoms with Gasteiger partial charge in [0.15, 0.2) is 0 Å². The SMILES string of the molecule is Cc1nc(C)c(-c2csc(Cc3ccc(CCC4(C(F)(F)F)CCCC4)cn3)n2)s1. The van der Waals surface area contributed by atoms with E-state index in [1.165, 1.54) is 0 Å². The normalized spacial score (nSPS) is 16.3. The van der Waals surface area contributed by atoms with Gasteiger partial charge in [0, 0.05) is 23.7 Å². The molecule has 0 bridgehead atoms. The maximum Gasteiger partial charge on any atom is 0.394 e. The highest BCUT2D eigenvalue weighted by atomic mass is 32.1. The lowest BCUT2D eigenvalue weighted by Gasteiger charge is -2.31. The maximum atomic E-state index is 13.6. The van der Waals surface area contributed by atoms with Crippen molar-refractivity contribution in [2.24, 2.45) is 5.41 Å². The van der Waals surface area contributed by atoms with E-state index in [1.54, 1.807) is 28.9 Å². The predicted octanol–water partition coefficient (Wildman–Crippen LogP) is 6.92. The van der Waals surface area contributed by atoms with Crippen LogP contribution in [0.15, 0.2) is 23.7 Å². The fraction of sp³-hybridized carbons (Fsp3) is 0.500. The van der Waals surface area contributed by atoms with Crippen molar-refractivity contribution < 1.29 is 13.2 Å². The summed E-state index contributed by atoms with van der Waals surface area (Å²) in [5.74, 6) is 0. The van der Waals surface area contributed by atoms with Crippen LogP contribution in [0.1, 0.15) is 59.1 Å². The summed E-state index contributed by atoms with van der Waals surface area (Å²) < 4.78 is 40.7. The van der Waals surface area contributed by atoms with Gasteiger partial charge in [-0.1, -0.05) is 18.9 Å². The van der Waals surface area contributed by atoms with E-state index < -0.39 is 11.6 Å². The van der Waals surface area contributed by atoms with Crippen molar-refractivity contribution in [1.82, 2.24) is 15.0 Å². The molecule has 3 nitrogen and oxygen atoms in total. The minimum absolute atomic E-state index is 0.154. The van der Waals surface area contributed by atoms with E-state index in [-0.39, 0.29) is 19.3 Å². The molecule has 0 unspecified atom stereocenters. The van der Waals surface area contributed by atoms with Gasteiger partial charge in [0.25, 0.3) is 0 Å². The second-order valence-electron chi connectivity index (χ2n) is 8.09. The summed E-state index contributed by atoms with van der Waals surface area (Å²) in [4.78, 5) is 14.8. The maximum absolute atomic E-state index is 13.6. The predicted molar refractivity (Wildman–Crippen MR) is 115 cm³/mol. The van der Waals surface area contributed by atoms with Gasteiger partial charge in [-0.2, -0.15) is 13.2 Å². The molecule has 0 atom stereocenters. The number of pyridine rings is 1. The van der Waals surface area contributed by atoms with Crippen LogP contribution in [0.5, 0.6) is 0 Å². The van der Waals surface area contributed by atoms with Crippen molar-refractivity contribution >= 4 is 22.7 Å². The Morgan fingerprint density at radius 2 is 1.87 bits per heavy atom. The van der Waals surface area contributed by atoms with Crippen LogP contribution >= 0.6 is 22.7 Å². The van der Waals surface area contributed by atoms with Gasteiger partial charge in [-0.05, 0) is 51.2 Å². The number of alkyl halides is 3. The van der Waals surface area contributed by atoms with Gasteiger partial charge < -0.3 is 0 Å². The lowest BCUT2D eigenvalue weighted by molar-refractivity contribution is -0.224. The molecular formula is C22H24F3N3S2. The molecule has 30 heavy (non-hydrogen) atoms. The molecule has 1 aliphatic carbocycles. The fourth-order valence-corrected chi connectivity index (χ4v) is 5.99. The van der Waals surface area contributed by atoms with Crippen LogP contribution in [-0.4, -0.2) is 21.1 Å². The number of hydrogen-bond acceptors (Lipinski definition) is 5. The van der Waals surface area contributed by atoms with Gasteiger partial charge in [0.1, 0.15) is 0 Å². The van der Waals surface area contributed by atoms with Crippen LogP contribution in [-0.2, 0) is 12.8 Å². The number of hydrogen-bond donors (Lipinski definition) is 0. The molecule has 0 spiro atoms. The topological polar surface area (TPSA) is 38.7 Å². The van der Waals surface area contributed by atoms with Gasteiger partial charge in [0.2, 0.25) is 0 Å². The second-order valence-corrected chi connectivity index (χ2v) is 10.2. The molecule has 160 valence electrons. The first-order valence-electron chi connectivity index (χ1n) is 10.2. The minimum atomic E-state index is -4.12. The van der Waals surface area contributed by atoms with E-state index in [0.29, 0.717) is 25.7 Å². The number of aryl methyl sites for hydroxylation is 3. The third kappa shape index (κ3) is 4.44. The monoisotopic (exact) mass is 451 g/mol. The molecule has 0 radical (unpaired) electrons. The van der Waals surface area contributed by atoms with Crippen LogP contribution in [0.3, 0.4) is 0 Å². The quantitative estimate of drug-likeness (QED) is 0.408. The van der Waals surface area contributed by atoms with Crippen molar-refractivity contribution in [2.45, 2.75) is 65.0 Å². The van der Waals surface area contributed by atoms with Crippen LogP contribution < -0.4 is 0 Å². The number of rotatable bonds is 6. The summed E-state index contributed by atoms with van der Waals surface area (Å²) in [5.41, 5.74) is 2.18. The van der Waals surface area contributed by atoms with E-state index in [4.69, 9.17) is 4.98 Å². The molecule has 0 N–H and O–H groups in total. The number of nitrogens with zero attached hydrogens (tertiary/aromatic N) is 3. The summed E-state index contributed by atoms with van der Waals surface area (Å²) in [6, 6.07) is 3.82. The largest absolute Gasteiger partial charge is 0.394 e. The average molecular weight is 452 g/mol. The second kappa shape index (κ2) is 8.38. The Labute approximate surface area is 182 Å². The zero-order valence-corrected chi connectivity index (χ0v) is 18.7. The first kappa shape index (κ1) is 21.4. The molecule has 0 saturated heterocycles. The van der Waals surface area contributed by atoms with E-state index in [0.717, 1.165) is 37.5 Å². The van der Waals surface area contributed by atoms with Gasteiger partial charge in [0.05, 0.1) is 31.7 Å². The Morgan fingerprint density at radius 3 is 2.47 bits per heavy atom. The van der Waals surface area contributed by atoms with E-state index in [2.05, 4.69) is 9.97 Å². The van der Waals surface area contributed by atoms with E-state index in [9.17, 15) is 13.2 Å². The number of thiazole rings is 2. The molecule has 8 heteroatoms. The standard InChI is InChI=1S/C22H24F3N3S2/c1-14-20(30-15(2)27-14)18-13-29-19(28-18)11-17-6-5-16(12-26-17)7-10-21(22(23,24)25)8-3-4-9-21/h5-6,12-13H,3-4,7-11H2,1-2H3. The van der Waals surface area contributed by atoms with Gasteiger partial charge >= 0.3 is 6.18 Å². The van der Waals surface area contributed by atoms with Gasteiger partial charge in [-0.25, -0.2) is 9.97 Å². The molecule has 4 rings (SSSR count). The molecule has 0 amide bonds. The Hall–Kier alpha value is -1.80. The lowest BCUT2D eigenvalue weighted by atomic mass is 9.80. The molecule has 1 saturated carbocycles. The third-order valence-electron chi connectivity index (χ3n) is 5.96. The molecule has 3 aromatic rings. The molecule has 1 aliphatic rings. The Balaban J connectivity index is 1.39. The summed E-state index contributed by atoms with van der Waals surface area (Å²) in [5, 5.41) is 4.04. The van der Waals surface area contributed by atoms with E-state index >= 15 is 0 Å². The average Bonchev–Trinajstić information content (AvgIpc) is 3.41. The highest BCUT2D eigenvalue weighted by Crippen LogP contribution is 2.53. The zero-order chi connectivity index (χ0) is 21.4. The molecule has 3 heterocycles. The number of aromatic nitrogens is 3. The van der Waals surface area contributed by atoms with Crippen molar-refractivity contribution in [1.29, 1.82) is 0 Å². The summed E-state index contributed by atoms with van der Waals surface area (Å²) in [7, 11) is 0. The first-order chi connectivity index (χ1) is 14.3. The summed E-state index contributed by atoms with van der Waals surface area (Å²) >= 11 is 3.24. The Morgan fingerprint density at radius 1 is 1.10 bits per heavy atom. The van der Waals surface area contributed by atoms with Crippen LogP contribution in [0.25, 0.3) is 10.6 Å². The van der Waals surface area contributed by atoms with Crippen LogP contribution in [0, 0.1) is 19.3 Å². The van der Waals surface area contributed by atoms with Crippen LogP contribution in [0.4, 0.5) is 13.2 Å². The van der Waals surface area contributed by atoms with Gasteiger partial charge in [-0.3, -0.25) is 4.98 Å². The third-order valence-corrected chi connectivity index (χ3v) is 7.90. The highest BCUT2D eigenvalue weighted by Gasteiger charge is 2.54. The smallest absolute Gasteiger partial charge is 0.261 e. The molecular weight excluding hydrogens is 427 g/mol. The Kier molecular flexibility index (Phi) is 5.99. The van der Waals surface area contributed by atoms with E-state index in [1.807, 2.05) is 31.4 Å². The number of halogens is 3. The van der Waals surface area contributed by atoms with Crippen LogP contribution in [0.2, 0.25) is 0 Å². The lowest BCUT2D eigenvalue weighted by Crippen LogP contribution is -2.35. The minimum Gasteiger partial charge on any atom is -0.261 e. The molecule has 0 aliphatic heterocycles. The Bertz CT molecular complexity index is 1000. The summed E-state index contributed by atoms with van der Waals surface area (Å²) in [6.45, 7) is 3.98. The van der Waals surface area contributed by atoms with Crippen molar-refractivity contribution in [3.05, 3.63) is 50.7 Å². The van der Waals surface area contributed by atoms with Crippen molar-refractivity contribution in [3.8, 4) is 10.6 Å².